The summed E-state index contributed by atoms with van der Waals surface area (Å²) in [5, 5.41) is 0.627. The molecule has 0 spiro atoms. The number of nitrogens with zero attached hydrogens (tertiary/aromatic N) is 3. The van der Waals surface area contributed by atoms with Crippen LogP contribution in [-0.4, -0.2) is 21.5 Å². The van der Waals surface area contributed by atoms with Crippen LogP contribution in [0.1, 0.15) is 59.2 Å². The number of carbonyl (C=O) groups is 1. The van der Waals surface area contributed by atoms with Gasteiger partial charge in [-0.1, -0.05) is 24.6 Å². The van der Waals surface area contributed by atoms with E-state index in [2.05, 4.69) is 13.0 Å². The maximum atomic E-state index is 13.7. The molecule has 0 saturated heterocycles. The third-order valence-corrected chi connectivity index (χ3v) is 7.52. The van der Waals surface area contributed by atoms with E-state index in [1.807, 2.05) is 34.6 Å². The molecule has 29 heavy (non-hydrogen) atoms. The lowest BCUT2D eigenvalue weighted by molar-refractivity contribution is 0.0978. The van der Waals surface area contributed by atoms with Gasteiger partial charge in [0.2, 0.25) is 0 Å². The van der Waals surface area contributed by atoms with Crippen molar-refractivity contribution in [2.75, 3.05) is 4.90 Å². The molecule has 0 N–H and O–H groups in total. The monoisotopic (exact) mass is 407 g/mol. The smallest absolute Gasteiger partial charge is 0.268 e. The molecule has 6 heteroatoms. The molecule has 2 aromatic heterocycles. The second-order valence-electron chi connectivity index (χ2n) is 8.22. The van der Waals surface area contributed by atoms with E-state index < -0.39 is 0 Å². The van der Waals surface area contributed by atoms with Crippen molar-refractivity contribution in [1.29, 1.82) is 0 Å². The average molecular weight is 408 g/mol. The fourth-order valence-electron chi connectivity index (χ4n) is 4.72. The normalized spacial score (nSPS) is 19.0. The summed E-state index contributed by atoms with van der Waals surface area (Å²) in [5.41, 5.74) is 3.00. The number of para-hydroxylation sites is 1. The molecule has 0 fully saturated rings. The van der Waals surface area contributed by atoms with E-state index in [-0.39, 0.29) is 17.5 Å². The Morgan fingerprint density at radius 3 is 2.86 bits per heavy atom. The molecule has 1 amide bonds. The fourth-order valence-corrected chi connectivity index (χ4v) is 5.85. The van der Waals surface area contributed by atoms with Crippen LogP contribution < -0.4 is 10.5 Å². The largest absolute Gasteiger partial charge is 0.305 e. The number of amides is 1. The molecule has 0 aliphatic carbocycles. The first-order valence-electron chi connectivity index (χ1n) is 10.5. The predicted octanol–water partition coefficient (Wildman–Crippen LogP) is 4.47. The molecule has 1 atom stereocenters. The summed E-state index contributed by atoms with van der Waals surface area (Å²) in [6, 6.07) is 8.28. The summed E-state index contributed by atoms with van der Waals surface area (Å²) in [7, 11) is 0. The summed E-state index contributed by atoms with van der Waals surface area (Å²) < 4.78 is 1.84. The second-order valence-corrected chi connectivity index (χ2v) is 9.22. The summed E-state index contributed by atoms with van der Waals surface area (Å²) in [4.78, 5) is 35.0. The van der Waals surface area contributed by atoms with Gasteiger partial charge in [0.05, 0.1) is 10.3 Å². The van der Waals surface area contributed by atoms with Crippen molar-refractivity contribution in [3.8, 4) is 0 Å². The van der Waals surface area contributed by atoms with Crippen LogP contribution in [0.15, 0.2) is 29.1 Å². The zero-order valence-corrected chi connectivity index (χ0v) is 17.7. The predicted molar refractivity (Wildman–Crippen MR) is 117 cm³/mol. The van der Waals surface area contributed by atoms with E-state index in [0.717, 1.165) is 62.1 Å². The zero-order valence-electron chi connectivity index (χ0n) is 16.9. The number of fused-ring (bicyclic) bond motifs is 3. The van der Waals surface area contributed by atoms with Gasteiger partial charge < -0.3 is 4.90 Å². The molecule has 1 unspecified atom stereocenters. The van der Waals surface area contributed by atoms with Crippen molar-refractivity contribution in [2.24, 2.45) is 0 Å². The highest BCUT2D eigenvalue weighted by Crippen LogP contribution is 2.35. The summed E-state index contributed by atoms with van der Waals surface area (Å²) >= 11 is 1.38. The van der Waals surface area contributed by atoms with E-state index in [0.29, 0.717) is 15.1 Å². The Morgan fingerprint density at radius 1 is 1.17 bits per heavy atom. The Morgan fingerprint density at radius 2 is 2.00 bits per heavy atom. The first-order chi connectivity index (χ1) is 14.1. The summed E-state index contributed by atoms with van der Waals surface area (Å²) in [6.07, 6.45) is 5.98. The van der Waals surface area contributed by atoms with E-state index in [9.17, 15) is 9.59 Å². The molecule has 2 aliphatic rings. The molecule has 0 saturated carbocycles. The van der Waals surface area contributed by atoms with Crippen LogP contribution in [0.4, 0.5) is 5.69 Å². The van der Waals surface area contributed by atoms with Crippen LogP contribution >= 0.6 is 11.3 Å². The molecular formula is C23H25N3O2S. The van der Waals surface area contributed by atoms with Gasteiger partial charge in [-0.05, 0) is 56.7 Å². The number of hydrogen-bond donors (Lipinski definition) is 0. The van der Waals surface area contributed by atoms with Crippen LogP contribution in [0, 0.1) is 6.92 Å². The van der Waals surface area contributed by atoms with Gasteiger partial charge in [-0.3, -0.25) is 14.2 Å². The average Bonchev–Trinajstić information content (AvgIpc) is 2.88. The highest BCUT2D eigenvalue weighted by molar-refractivity contribution is 7.20. The maximum Gasteiger partial charge on any atom is 0.268 e. The minimum atomic E-state index is -0.00950. The van der Waals surface area contributed by atoms with Crippen molar-refractivity contribution in [3.63, 3.8) is 0 Å². The topological polar surface area (TPSA) is 55.2 Å². The van der Waals surface area contributed by atoms with Crippen LogP contribution in [0.25, 0.3) is 10.2 Å². The van der Waals surface area contributed by atoms with Crippen molar-refractivity contribution in [2.45, 2.75) is 65.0 Å². The fraction of sp³-hybridized carbons (Fsp3) is 0.435. The van der Waals surface area contributed by atoms with Gasteiger partial charge in [0, 0.05) is 24.7 Å². The lowest BCUT2D eigenvalue weighted by Crippen LogP contribution is -2.42. The van der Waals surface area contributed by atoms with Gasteiger partial charge in [0.1, 0.15) is 10.7 Å². The van der Waals surface area contributed by atoms with E-state index in [1.54, 1.807) is 0 Å². The minimum Gasteiger partial charge on any atom is -0.305 e. The number of aryl methyl sites for hydroxylation is 3. The van der Waals surface area contributed by atoms with Crippen molar-refractivity contribution in [1.82, 2.24) is 9.55 Å². The standard InChI is InChI=1S/C23H25N3O2S/c1-14-11-12-16-8-5-6-9-17(16)26(14)23(28)20-15(2)19-21(29-20)24-18-10-4-3-7-13-25(18)22(19)27/h5-6,8-9,14H,3-4,7,10-13H2,1-2H3. The van der Waals surface area contributed by atoms with Gasteiger partial charge in [0.25, 0.3) is 11.5 Å². The first-order valence-corrected chi connectivity index (χ1v) is 11.3. The third-order valence-electron chi connectivity index (χ3n) is 6.35. The Kier molecular flexibility index (Phi) is 4.54. The molecule has 0 bridgehead atoms. The Hall–Kier alpha value is -2.47. The summed E-state index contributed by atoms with van der Waals surface area (Å²) in [6.45, 7) is 4.73. The zero-order chi connectivity index (χ0) is 20.1. The molecule has 150 valence electrons. The number of hydrogen-bond acceptors (Lipinski definition) is 4. The lowest BCUT2D eigenvalue weighted by atomic mass is 9.96. The number of rotatable bonds is 1. The molecule has 5 nitrogen and oxygen atoms in total. The van der Waals surface area contributed by atoms with E-state index >= 15 is 0 Å². The first kappa shape index (κ1) is 18.6. The second kappa shape index (κ2) is 7.10. The number of aromatic nitrogens is 2. The van der Waals surface area contributed by atoms with Gasteiger partial charge in [-0.2, -0.15) is 0 Å². The van der Waals surface area contributed by atoms with Gasteiger partial charge in [-0.25, -0.2) is 4.98 Å². The third kappa shape index (κ3) is 2.92. The highest BCUT2D eigenvalue weighted by Gasteiger charge is 2.32. The minimum absolute atomic E-state index is 0.00950. The van der Waals surface area contributed by atoms with E-state index in [1.165, 1.54) is 16.9 Å². The molecule has 4 heterocycles. The molecule has 2 aliphatic heterocycles. The number of carbonyl (C=O) groups excluding carboxylic acids is 1. The molecule has 5 rings (SSSR count). The Labute approximate surface area is 174 Å². The molecular weight excluding hydrogens is 382 g/mol. The number of benzene rings is 1. The lowest BCUT2D eigenvalue weighted by Gasteiger charge is -2.35. The van der Waals surface area contributed by atoms with Crippen LogP contribution in [-0.2, 0) is 19.4 Å². The van der Waals surface area contributed by atoms with Crippen molar-refractivity contribution >= 4 is 33.1 Å². The van der Waals surface area contributed by atoms with Crippen molar-refractivity contribution < 1.29 is 4.79 Å². The van der Waals surface area contributed by atoms with Crippen LogP contribution in [0.3, 0.4) is 0 Å². The Balaban J connectivity index is 1.65. The number of thiophene rings is 1. The van der Waals surface area contributed by atoms with Gasteiger partial charge in [-0.15, -0.1) is 11.3 Å². The van der Waals surface area contributed by atoms with Gasteiger partial charge in [0.15, 0.2) is 0 Å². The number of anilines is 1. The Bertz CT molecular complexity index is 1180. The maximum absolute atomic E-state index is 13.7. The molecule has 1 aromatic carbocycles. The van der Waals surface area contributed by atoms with Crippen LogP contribution in [0.2, 0.25) is 0 Å². The van der Waals surface area contributed by atoms with Crippen molar-refractivity contribution in [3.05, 3.63) is 56.4 Å². The highest BCUT2D eigenvalue weighted by atomic mass is 32.1. The van der Waals surface area contributed by atoms with E-state index in [4.69, 9.17) is 4.98 Å². The van der Waals surface area contributed by atoms with Gasteiger partial charge >= 0.3 is 0 Å². The molecule has 3 aromatic rings. The summed E-state index contributed by atoms with van der Waals surface area (Å²) in [5.74, 6) is 0.863. The van der Waals surface area contributed by atoms with Crippen LogP contribution in [0.5, 0.6) is 0 Å². The quantitative estimate of drug-likeness (QED) is 0.598. The SMILES string of the molecule is Cc1c(C(=O)N2c3ccccc3CCC2C)sc2nc3n(c(=O)c12)CCCCC3. The molecule has 0 radical (unpaired) electrons.